The monoisotopic (exact) mass is 837 g/mol. The van der Waals surface area contributed by atoms with Gasteiger partial charge in [0.05, 0.1) is 23.5 Å². The van der Waals surface area contributed by atoms with Crippen LogP contribution in [0.1, 0.15) is 95.2 Å². The molecule has 0 radical (unpaired) electrons. The van der Waals surface area contributed by atoms with Crippen LogP contribution in [0.3, 0.4) is 0 Å². The molecule has 5 atom stereocenters. The van der Waals surface area contributed by atoms with Crippen molar-refractivity contribution in [2.45, 2.75) is 132 Å². The molecule has 3 fully saturated rings. The first-order valence-electron chi connectivity index (χ1n) is 19.3. The maximum atomic E-state index is 14.5. The lowest BCUT2D eigenvalue weighted by atomic mass is 10.0. The summed E-state index contributed by atoms with van der Waals surface area (Å²) in [6.07, 6.45) is -4.45. The fourth-order valence-electron chi connectivity index (χ4n) is 7.95. The number of alkyl carbamates (subject to hydrolysis) is 1. The molecule has 14 nitrogen and oxygen atoms in total. The first-order chi connectivity index (χ1) is 27.2. The number of halogens is 4. The topological polar surface area (TPSA) is 181 Å². The van der Waals surface area contributed by atoms with Gasteiger partial charge in [0.25, 0.3) is 15.9 Å². The molecule has 1 aliphatic carbocycles. The molecule has 1 saturated carbocycles. The summed E-state index contributed by atoms with van der Waals surface area (Å²) < 4.78 is 95.6. The lowest BCUT2D eigenvalue weighted by Gasteiger charge is -2.30. The molecule has 0 bridgehead atoms. The SMILES string of the molecule is CC(C)(C)OC(=O)N[C@H]1CCCCCCC[C@H]2C[C@@]2(C(=O)NS(=O)(=O)c2ccccc2C(F)(F)F)NC(=O)[C@@H]2C[C@@H](OC(=O)N3Cc4cccc(F)c4C3)CN2C1=O. The molecule has 0 spiro atoms. The summed E-state index contributed by atoms with van der Waals surface area (Å²) in [5.74, 6) is -3.92. The summed E-state index contributed by atoms with van der Waals surface area (Å²) in [6, 6.07) is 5.28. The Hall–Kier alpha value is -4.94. The molecular weight excluding hydrogens is 791 g/mol. The van der Waals surface area contributed by atoms with Gasteiger partial charge in [0.2, 0.25) is 11.8 Å². The number of hydrogen-bond acceptors (Lipinski definition) is 9. The first-order valence-corrected chi connectivity index (χ1v) is 20.7. The van der Waals surface area contributed by atoms with Crippen LogP contribution in [0.2, 0.25) is 0 Å². The molecule has 2 saturated heterocycles. The molecule has 19 heteroatoms. The number of nitrogens with one attached hydrogen (secondary N) is 3. The fraction of sp³-hybridized carbons (Fsp3) is 0.564. The van der Waals surface area contributed by atoms with Crippen LogP contribution in [0.25, 0.3) is 0 Å². The Morgan fingerprint density at radius 1 is 0.931 bits per heavy atom. The Balaban J connectivity index is 1.27. The molecule has 3 aliphatic heterocycles. The maximum Gasteiger partial charge on any atom is 0.417 e. The molecule has 58 heavy (non-hydrogen) atoms. The summed E-state index contributed by atoms with van der Waals surface area (Å²) in [4.78, 5) is 70.2. The minimum absolute atomic E-state index is 0.0327. The van der Waals surface area contributed by atoms with Crippen molar-refractivity contribution >= 4 is 39.9 Å². The number of fused-ring (bicyclic) bond motifs is 3. The second kappa shape index (κ2) is 16.4. The fourth-order valence-corrected chi connectivity index (χ4v) is 9.22. The van der Waals surface area contributed by atoms with Gasteiger partial charge in [0.1, 0.15) is 35.1 Å². The number of ether oxygens (including phenoxy) is 2. The van der Waals surface area contributed by atoms with E-state index in [2.05, 4.69) is 10.6 Å². The van der Waals surface area contributed by atoms with Crippen molar-refractivity contribution in [2.75, 3.05) is 6.54 Å². The maximum absolute atomic E-state index is 14.5. The van der Waals surface area contributed by atoms with Crippen molar-refractivity contribution in [1.82, 2.24) is 25.2 Å². The van der Waals surface area contributed by atoms with Crippen molar-refractivity contribution in [3.8, 4) is 0 Å². The Morgan fingerprint density at radius 3 is 2.31 bits per heavy atom. The normalized spacial score (nSPS) is 25.6. The molecule has 3 heterocycles. The van der Waals surface area contributed by atoms with Crippen LogP contribution >= 0.6 is 0 Å². The molecule has 4 aliphatic rings. The number of carbonyl (C=O) groups is 5. The van der Waals surface area contributed by atoms with E-state index in [-0.39, 0.29) is 38.9 Å². The number of sulfonamides is 1. The molecule has 3 N–H and O–H groups in total. The molecular formula is C39H47F4N5O9S. The van der Waals surface area contributed by atoms with Crippen LogP contribution in [0.15, 0.2) is 47.4 Å². The number of alkyl halides is 3. The van der Waals surface area contributed by atoms with E-state index >= 15 is 0 Å². The Bertz CT molecular complexity index is 2060. The average molecular weight is 838 g/mol. The van der Waals surface area contributed by atoms with Gasteiger partial charge >= 0.3 is 18.4 Å². The summed E-state index contributed by atoms with van der Waals surface area (Å²) >= 11 is 0. The smallest absolute Gasteiger partial charge is 0.417 e. The van der Waals surface area contributed by atoms with Gasteiger partial charge in [-0.05, 0) is 69.7 Å². The van der Waals surface area contributed by atoms with E-state index in [9.17, 15) is 50.0 Å². The number of benzene rings is 2. The van der Waals surface area contributed by atoms with Crippen molar-refractivity contribution in [3.05, 3.63) is 65.0 Å². The summed E-state index contributed by atoms with van der Waals surface area (Å²) in [5.41, 5.74) is -3.33. The van der Waals surface area contributed by atoms with Crippen molar-refractivity contribution < 1.29 is 59.4 Å². The molecule has 2 aromatic rings. The first kappa shape index (κ1) is 42.7. The van der Waals surface area contributed by atoms with E-state index in [0.717, 1.165) is 23.1 Å². The predicted molar refractivity (Wildman–Crippen MR) is 197 cm³/mol. The molecule has 5 amide bonds. The van der Waals surface area contributed by atoms with Gasteiger partial charge in [-0.15, -0.1) is 0 Å². The van der Waals surface area contributed by atoms with Gasteiger partial charge in [-0.1, -0.05) is 56.4 Å². The van der Waals surface area contributed by atoms with Crippen molar-refractivity contribution in [1.29, 1.82) is 0 Å². The number of rotatable bonds is 5. The summed E-state index contributed by atoms with van der Waals surface area (Å²) in [7, 11) is -5.10. The van der Waals surface area contributed by atoms with Crippen LogP contribution < -0.4 is 15.4 Å². The van der Waals surface area contributed by atoms with Crippen LogP contribution in [0.4, 0.5) is 27.2 Å². The highest BCUT2D eigenvalue weighted by atomic mass is 32.2. The summed E-state index contributed by atoms with van der Waals surface area (Å²) in [5, 5.41) is 5.26. The van der Waals surface area contributed by atoms with E-state index in [1.165, 1.54) is 17.0 Å². The zero-order valence-electron chi connectivity index (χ0n) is 32.3. The van der Waals surface area contributed by atoms with E-state index in [1.807, 2.05) is 0 Å². The van der Waals surface area contributed by atoms with Gasteiger partial charge in [0, 0.05) is 18.5 Å². The predicted octanol–water partition coefficient (Wildman–Crippen LogP) is 5.28. The average Bonchev–Trinajstić information content (AvgIpc) is 3.42. The van der Waals surface area contributed by atoms with Gasteiger partial charge in [0.15, 0.2) is 0 Å². The third-order valence-corrected chi connectivity index (χ3v) is 12.3. The molecule has 0 aromatic heterocycles. The van der Waals surface area contributed by atoms with E-state index < -0.39 is 97.6 Å². The van der Waals surface area contributed by atoms with Crippen molar-refractivity contribution in [3.63, 3.8) is 0 Å². The number of hydrogen-bond donors (Lipinski definition) is 3. The molecule has 2 aromatic carbocycles. The zero-order chi connectivity index (χ0) is 42.2. The Labute approximate surface area is 333 Å². The van der Waals surface area contributed by atoms with Gasteiger partial charge in [-0.3, -0.25) is 19.3 Å². The quantitative estimate of drug-likeness (QED) is 0.338. The summed E-state index contributed by atoms with van der Waals surface area (Å²) in [6.45, 7) is 4.62. The van der Waals surface area contributed by atoms with E-state index in [0.29, 0.717) is 55.7 Å². The van der Waals surface area contributed by atoms with Crippen LogP contribution in [-0.2, 0) is 53.1 Å². The third-order valence-electron chi connectivity index (χ3n) is 10.9. The van der Waals surface area contributed by atoms with E-state index in [4.69, 9.17) is 9.47 Å². The molecule has 6 rings (SSSR count). The highest BCUT2D eigenvalue weighted by Gasteiger charge is 2.62. The lowest BCUT2D eigenvalue weighted by molar-refractivity contribution is -0.141. The number of amides is 5. The third kappa shape index (κ3) is 9.50. The van der Waals surface area contributed by atoms with Gasteiger partial charge in [-0.25, -0.2) is 27.1 Å². The number of carbonyl (C=O) groups excluding carboxylic acids is 5. The van der Waals surface area contributed by atoms with E-state index in [1.54, 1.807) is 31.6 Å². The standard InChI is InChI=1S/C39H47F4N5O9S/c1-37(2,3)57-35(52)44-29-16-8-6-4-5-7-13-24-19-38(24,34(51)46-58(54,55)31-17-10-9-14-27(31)39(41,42)43)45-32(49)30-18-25(21-48(30)33(29)50)56-36(53)47-20-23-12-11-15-28(40)26(23)22-47/h9-12,14-15,17,24-25,29-30H,4-8,13,16,18-22H2,1-3H3,(H,44,52)(H,45,49)(H,46,51)/t24-,25+,29-,30-,38+/m0/s1. The van der Waals surface area contributed by atoms with Crippen LogP contribution in [0, 0.1) is 11.7 Å². The second-order valence-corrected chi connectivity index (χ2v) is 18.0. The second-order valence-electron chi connectivity index (χ2n) is 16.3. The highest BCUT2D eigenvalue weighted by Crippen LogP contribution is 2.48. The van der Waals surface area contributed by atoms with Gasteiger partial charge in [-0.2, -0.15) is 13.2 Å². The lowest BCUT2D eigenvalue weighted by Crippen LogP contribution is -2.58. The molecule has 0 unspecified atom stereocenters. The van der Waals surface area contributed by atoms with Crippen molar-refractivity contribution in [2.24, 2.45) is 5.92 Å². The van der Waals surface area contributed by atoms with Crippen LogP contribution in [-0.4, -0.2) is 84.0 Å². The minimum atomic E-state index is -5.10. The molecule has 316 valence electrons. The minimum Gasteiger partial charge on any atom is -0.444 e. The largest absolute Gasteiger partial charge is 0.444 e. The number of nitrogens with zero attached hydrogens (tertiary/aromatic N) is 2. The highest BCUT2D eigenvalue weighted by molar-refractivity contribution is 7.90. The van der Waals surface area contributed by atoms with Crippen LogP contribution in [0.5, 0.6) is 0 Å². The zero-order valence-corrected chi connectivity index (χ0v) is 33.1. The Morgan fingerprint density at radius 2 is 1.62 bits per heavy atom. The van der Waals surface area contributed by atoms with Gasteiger partial charge < -0.3 is 25.0 Å². The Kier molecular flexibility index (Phi) is 12.0.